The summed E-state index contributed by atoms with van der Waals surface area (Å²) in [6.45, 7) is 2.68. The van der Waals surface area contributed by atoms with Crippen LogP contribution in [0.4, 0.5) is 10.1 Å². The average Bonchev–Trinajstić information content (AvgIpc) is 2.58. The quantitative estimate of drug-likeness (QED) is 0.842. The number of benzene rings is 1. The van der Waals surface area contributed by atoms with Crippen LogP contribution in [0.2, 0.25) is 5.02 Å². The third-order valence-electron chi connectivity index (χ3n) is 2.67. The highest BCUT2D eigenvalue weighted by Crippen LogP contribution is 2.27. The molecule has 1 aromatic carbocycles. The van der Waals surface area contributed by atoms with Gasteiger partial charge in [-0.3, -0.25) is 0 Å². The topological polar surface area (TPSA) is 21.3 Å². The number of rotatable bonds is 2. The lowest BCUT2D eigenvalue weighted by atomic mass is 10.1. The largest absolute Gasteiger partial charge is 0.376 e. The van der Waals surface area contributed by atoms with E-state index in [0.29, 0.717) is 17.3 Å². The van der Waals surface area contributed by atoms with E-state index in [1.165, 1.54) is 6.07 Å². The maximum atomic E-state index is 13.4. The van der Waals surface area contributed by atoms with Gasteiger partial charge in [0.15, 0.2) is 0 Å². The van der Waals surface area contributed by atoms with Gasteiger partial charge in [-0.05, 0) is 25.5 Å². The van der Waals surface area contributed by atoms with Crippen LogP contribution in [0.15, 0.2) is 18.2 Å². The first kappa shape index (κ1) is 10.7. The maximum absolute atomic E-state index is 13.4. The Labute approximate surface area is 93.4 Å². The molecule has 0 aliphatic carbocycles. The standard InChI is InChI=1S/C11H13ClFNO/c1-7-10(5-6-15-7)14-11-8(12)3-2-4-9(11)13/h2-4,7,10,14H,5-6H2,1H3. The SMILES string of the molecule is CC1OCCC1Nc1c(F)cccc1Cl. The van der Waals surface area contributed by atoms with Crippen LogP contribution in [0.5, 0.6) is 0 Å². The number of hydrogen-bond donors (Lipinski definition) is 1. The van der Waals surface area contributed by atoms with Gasteiger partial charge >= 0.3 is 0 Å². The van der Waals surface area contributed by atoms with Crippen molar-refractivity contribution in [3.63, 3.8) is 0 Å². The first-order chi connectivity index (χ1) is 7.18. The Hall–Kier alpha value is -0.800. The Morgan fingerprint density at radius 3 is 2.93 bits per heavy atom. The highest BCUT2D eigenvalue weighted by atomic mass is 35.5. The van der Waals surface area contributed by atoms with E-state index in [2.05, 4.69) is 5.32 Å². The van der Waals surface area contributed by atoms with Gasteiger partial charge in [0.25, 0.3) is 0 Å². The highest BCUT2D eigenvalue weighted by molar-refractivity contribution is 6.33. The van der Waals surface area contributed by atoms with Gasteiger partial charge in [0, 0.05) is 6.61 Å². The average molecular weight is 230 g/mol. The van der Waals surface area contributed by atoms with Crippen LogP contribution < -0.4 is 5.32 Å². The van der Waals surface area contributed by atoms with E-state index in [9.17, 15) is 4.39 Å². The summed E-state index contributed by atoms with van der Waals surface area (Å²) in [5, 5.41) is 3.51. The third-order valence-corrected chi connectivity index (χ3v) is 2.98. The lowest BCUT2D eigenvalue weighted by molar-refractivity contribution is 0.121. The highest BCUT2D eigenvalue weighted by Gasteiger charge is 2.25. The summed E-state index contributed by atoms with van der Waals surface area (Å²) < 4.78 is 18.8. The molecule has 0 aromatic heterocycles. The number of para-hydroxylation sites is 1. The van der Waals surface area contributed by atoms with Gasteiger partial charge in [-0.25, -0.2) is 4.39 Å². The number of anilines is 1. The summed E-state index contributed by atoms with van der Waals surface area (Å²) in [5.74, 6) is -0.318. The van der Waals surface area contributed by atoms with Gasteiger partial charge in [0.1, 0.15) is 5.82 Å². The monoisotopic (exact) mass is 229 g/mol. The Morgan fingerprint density at radius 1 is 1.53 bits per heavy atom. The fraction of sp³-hybridized carbons (Fsp3) is 0.455. The Balaban J connectivity index is 2.16. The lowest BCUT2D eigenvalue weighted by Crippen LogP contribution is -2.27. The minimum Gasteiger partial charge on any atom is -0.376 e. The molecule has 1 heterocycles. The predicted octanol–water partition coefficient (Wildman–Crippen LogP) is 3.07. The van der Waals surface area contributed by atoms with E-state index in [1.54, 1.807) is 12.1 Å². The Bertz CT molecular complexity index is 338. The van der Waals surface area contributed by atoms with Crippen LogP contribution in [0.25, 0.3) is 0 Å². The lowest BCUT2D eigenvalue weighted by Gasteiger charge is -2.18. The zero-order valence-corrected chi connectivity index (χ0v) is 9.22. The molecule has 1 aromatic rings. The minimum atomic E-state index is -0.318. The van der Waals surface area contributed by atoms with E-state index >= 15 is 0 Å². The van der Waals surface area contributed by atoms with Gasteiger partial charge in [0.2, 0.25) is 0 Å². The number of halogens is 2. The van der Waals surface area contributed by atoms with Crippen molar-refractivity contribution in [3.8, 4) is 0 Å². The molecule has 2 rings (SSSR count). The van der Waals surface area contributed by atoms with E-state index in [-0.39, 0.29) is 18.0 Å². The Morgan fingerprint density at radius 2 is 2.33 bits per heavy atom. The zero-order valence-electron chi connectivity index (χ0n) is 8.47. The smallest absolute Gasteiger partial charge is 0.147 e. The molecule has 4 heteroatoms. The predicted molar refractivity (Wildman–Crippen MR) is 58.9 cm³/mol. The van der Waals surface area contributed by atoms with Gasteiger partial charge in [0.05, 0.1) is 22.9 Å². The van der Waals surface area contributed by atoms with Crippen molar-refractivity contribution in [1.29, 1.82) is 0 Å². The van der Waals surface area contributed by atoms with E-state index < -0.39 is 0 Å². The first-order valence-corrected chi connectivity index (χ1v) is 5.38. The summed E-state index contributed by atoms with van der Waals surface area (Å²) in [6, 6.07) is 4.80. The van der Waals surface area contributed by atoms with Crippen LogP contribution in [0, 0.1) is 5.82 Å². The van der Waals surface area contributed by atoms with Gasteiger partial charge < -0.3 is 10.1 Å². The van der Waals surface area contributed by atoms with Crippen molar-refractivity contribution in [3.05, 3.63) is 29.0 Å². The third kappa shape index (κ3) is 2.24. The van der Waals surface area contributed by atoms with Gasteiger partial charge in [-0.15, -0.1) is 0 Å². The van der Waals surface area contributed by atoms with Crippen LogP contribution in [-0.4, -0.2) is 18.8 Å². The minimum absolute atomic E-state index is 0.0978. The summed E-state index contributed by atoms with van der Waals surface area (Å²) in [7, 11) is 0. The molecule has 1 aliphatic rings. The van der Waals surface area contributed by atoms with E-state index in [4.69, 9.17) is 16.3 Å². The molecule has 0 spiro atoms. The molecule has 0 amide bonds. The molecular formula is C11H13ClFNO. The molecule has 2 atom stereocenters. The second-order valence-electron chi connectivity index (χ2n) is 3.71. The van der Waals surface area contributed by atoms with Crippen molar-refractivity contribution < 1.29 is 9.13 Å². The van der Waals surface area contributed by atoms with Crippen LogP contribution in [0.3, 0.4) is 0 Å². The number of hydrogen-bond acceptors (Lipinski definition) is 2. The zero-order chi connectivity index (χ0) is 10.8. The second-order valence-corrected chi connectivity index (χ2v) is 4.12. The van der Waals surface area contributed by atoms with E-state index in [1.807, 2.05) is 6.92 Å². The summed E-state index contributed by atoms with van der Waals surface area (Å²) in [6.07, 6.45) is 0.979. The normalized spacial score (nSPS) is 25.5. The van der Waals surface area contributed by atoms with Gasteiger partial charge in [-0.2, -0.15) is 0 Å². The molecule has 1 saturated heterocycles. The van der Waals surface area contributed by atoms with Crippen molar-refractivity contribution >= 4 is 17.3 Å². The molecule has 2 nitrogen and oxygen atoms in total. The molecule has 0 radical (unpaired) electrons. The van der Waals surface area contributed by atoms with Gasteiger partial charge in [-0.1, -0.05) is 17.7 Å². The molecule has 15 heavy (non-hydrogen) atoms. The molecule has 0 saturated carbocycles. The molecule has 1 fully saturated rings. The maximum Gasteiger partial charge on any atom is 0.147 e. The molecule has 82 valence electrons. The van der Waals surface area contributed by atoms with Crippen LogP contribution in [0.1, 0.15) is 13.3 Å². The summed E-state index contributed by atoms with van der Waals surface area (Å²) >= 11 is 5.91. The number of nitrogens with one attached hydrogen (secondary N) is 1. The molecule has 1 aliphatic heterocycles. The molecule has 2 unspecified atom stereocenters. The fourth-order valence-corrected chi connectivity index (χ4v) is 1.96. The van der Waals surface area contributed by atoms with E-state index in [0.717, 1.165) is 6.42 Å². The number of ether oxygens (including phenoxy) is 1. The van der Waals surface area contributed by atoms with Crippen LogP contribution >= 0.6 is 11.6 Å². The summed E-state index contributed by atoms with van der Waals surface area (Å²) in [5.41, 5.74) is 0.376. The fourth-order valence-electron chi connectivity index (χ4n) is 1.74. The molecular weight excluding hydrogens is 217 g/mol. The van der Waals surface area contributed by atoms with Crippen molar-refractivity contribution in [2.24, 2.45) is 0 Å². The van der Waals surface area contributed by atoms with Crippen LogP contribution in [-0.2, 0) is 4.74 Å². The first-order valence-electron chi connectivity index (χ1n) is 5.00. The van der Waals surface area contributed by atoms with Crippen molar-refractivity contribution in [1.82, 2.24) is 0 Å². The van der Waals surface area contributed by atoms with Crippen molar-refractivity contribution in [2.75, 3.05) is 11.9 Å². The molecule has 0 bridgehead atoms. The Kier molecular flexibility index (Phi) is 3.12. The van der Waals surface area contributed by atoms with Crippen molar-refractivity contribution in [2.45, 2.75) is 25.5 Å². The second kappa shape index (κ2) is 4.37. The summed E-state index contributed by atoms with van der Waals surface area (Å²) in [4.78, 5) is 0. The molecule has 1 N–H and O–H groups in total.